The van der Waals surface area contributed by atoms with Crippen molar-refractivity contribution in [1.82, 2.24) is 24.7 Å². The standard InChI is InChI=1S/C14H19BrN6/c1-2-3-4-7-20-12-10(16-13(15)17-12)8-21-11(9-5-6-9)18-19-14(20)21/h9H,2-8H2,1H3,(H,16,17). The number of anilines is 2. The summed E-state index contributed by atoms with van der Waals surface area (Å²) in [6.45, 7) is 3.97. The Balaban J connectivity index is 1.71. The Bertz CT molecular complexity index is 656. The van der Waals surface area contributed by atoms with Crippen LogP contribution in [0.15, 0.2) is 4.73 Å². The maximum Gasteiger partial charge on any atom is 0.233 e. The van der Waals surface area contributed by atoms with Gasteiger partial charge >= 0.3 is 0 Å². The molecule has 0 radical (unpaired) electrons. The van der Waals surface area contributed by atoms with E-state index in [1.807, 2.05) is 0 Å². The Kier molecular flexibility index (Phi) is 3.24. The maximum atomic E-state index is 4.59. The second kappa shape index (κ2) is 5.12. The third-order valence-electron chi connectivity index (χ3n) is 4.23. The van der Waals surface area contributed by atoms with Crippen molar-refractivity contribution in [2.24, 2.45) is 0 Å². The number of imidazole rings is 1. The Hall–Kier alpha value is -1.37. The SMILES string of the molecule is CCCCCN1c2nc(Br)[nH]c2Cn2c(C3CC3)nnc21. The van der Waals surface area contributed by atoms with Crippen LogP contribution in [-0.4, -0.2) is 31.3 Å². The molecule has 0 atom stereocenters. The zero-order chi connectivity index (χ0) is 14.4. The number of fused-ring (bicyclic) bond motifs is 2. The van der Waals surface area contributed by atoms with Crippen LogP contribution in [0, 0.1) is 0 Å². The van der Waals surface area contributed by atoms with Crippen molar-refractivity contribution in [3.63, 3.8) is 0 Å². The topological polar surface area (TPSA) is 62.6 Å². The molecule has 2 aromatic heterocycles. The molecule has 0 saturated heterocycles. The van der Waals surface area contributed by atoms with Crippen LogP contribution in [-0.2, 0) is 6.54 Å². The third-order valence-corrected chi connectivity index (χ3v) is 4.60. The van der Waals surface area contributed by atoms with Crippen LogP contribution in [0.4, 0.5) is 11.8 Å². The summed E-state index contributed by atoms with van der Waals surface area (Å²) in [6.07, 6.45) is 6.07. The van der Waals surface area contributed by atoms with Gasteiger partial charge in [0.2, 0.25) is 5.95 Å². The van der Waals surface area contributed by atoms with Gasteiger partial charge in [0, 0.05) is 12.5 Å². The Labute approximate surface area is 132 Å². The number of rotatable bonds is 5. The number of unbranched alkanes of at least 4 members (excludes halogenated alkanes) is 2. The van der Waals surface area contributed by atoms with E-state index in [1.54, 1.807) is 0 Å². The van der Waals surface area contributed by atoms with E-state index in [0.29, 0.717) is 5.92 Å². The number of nitrogens with zero attached hydrogens (tertiary/aromatic N) is 5. The molecule has 1 N–H and O–H groups in total. The summed E-state index contributed by atoms with van der Waals surface area (Å²) >= 11 is 3.46. The van der Waals surface area contributed by atoms with Gasteiger partial charge in [-0.25, -0.2) is 4.98 Å². The van der Waals surface area contributed by atoms with E-state index in [9.17, 15) is 0 Å². The highest BCUT2D eigenvalue weighted by Crippen LogP contribution is 2.42. The average molecular weight is 351 g/mol. The lowest BCUT2D eigenvalue weighted by Crippen LogP contribution is -2.28. The molecule has 1 aliphatic carbocycles. The highest BCUT2D eigenvalue weighted by atomic mass is 79.9. The molecule has 4 rings (SSSR count). The maximum absolute atomic E-state index is 4.59. The monoisotopic (exact) mass is 350 g/mol. The van der Waals surface area contributed by atoms with Crippen molar-refractivity contribution >= 4 is 27.7 Å². The molecule has 0 bridgehead atoms. The first-order valence-corrected chi connectivity index (χ1v) is 8.52. The van der Waals surface area contributed by atoms with Crippen LogP contribution in [0.2, 0.25) is 0 Å². The fraction of sp³-hybridized carbons (Fsp3) is 0.643. The van der Waals surface area contributed by atoms with Crippen molar-refractivity contribution in [1.29, 1.82) is 0 Å². The van der Waals surface area contributed by atoms with E-state index in [4.69, 9.17) is 0 Å². The molecule has 0 amide bonds. The van der Waals surface area contributed by atoms with Gasteiger partial charge in [-0.2, -0.15) is 0 Å². The predicted molar refractivity (Wildman–Crippen MR) is 83.9 cm³/mol. The summed E-state index contributed by atoms with van der Waals surface area (Å²) in [5, 5.41) is 8.90. The van der Waals surface area contributed by atoms with Gasteiger partial charge in [-0.05, 0) is 35.2 Å². The number of H-pyrrole nitrogens is 1. The van der Waals surface area contributed by atoms with Crippen molar-refractivity contribution < 1.29 is 0 Å². The van der Waals surface area contributed by atoms with Gasteiger partial charge in [-0.3, -0.25) is 9.47 Å². The van der Waals surface area contributed by atoms with Crippen molar-refractivity contribution in [2.45, 2.75) is 51.5 Å². The molecule has 0 spiro atoms. The molecule has 0 aromatic carbocycles. The lowest BCUT2D eigenvalue weighted by molar-refractivity contribution is 0.650. The van der Waals surface area contributed by atoms with Crippen LogP contribution < -0.4 is 4.90 Å². The summed E-state index contributed by atoms with van der Waals surface area (Å²) in [6, 6.07) is 0. The highest BCUT2D eigenvalue weighted by Gasteiger charge is 2.35. The molecule has 0 unspecified atom stereocenters. The van der Waals surface area contributed by atoms with Crippen LogP contribution >= 0.6 is 15.9 Å². The Morgan fingerprint density at radius 1 is 1.29 bits per heavy atom. The first-order chi connectivity index (χ1) is 10.3. The van der Waals surface area contributed by atoms with E-state index in [2.05, 4.69) is 52.5 Å². The number of hydrogen-bond donors (Lipinski definition) is 1. The molecule has 1 aliphatic heterocycles. The van der Waals surface area contributed by atoms with E-state index in [-0.39, 0.29) is 0 Å². The molecule has 7 heteroatoms. The number of halogens is 1. The average Bonchev–Trinajstić information content (AvgIpc) is 3.11. The van der Waals surface area contributed by atoms with E-state index >= 15 is 0 Å². The minimum atomic E-state index is 0.608. The van der Waals surface area contributed by atoms with E-state index < -0.39 is 0 Å². The number of aromatic nitrogens is 5. The number of nitrogens with one attached hydrogen (secondary N) is 1. The molecule has 1 saturated carbocycles. The number of hydrogen-bond acceptors (Lipinski definition) is 4. The van der Waals surface area contributed by atoms with Gasteiger partial charge < -0.3 is 4.98 Å². The van der Waals surface area contributed by atoms with Crippen LogP contribution in [0.25, 0.3) is 0 Å². The van der Waals surface area contributed by atoms with E-state index in [1.165, 1.54) is 25.7 Å². The van der Waals surface area contributed by atoms with Crippen LogP contribution in [0.1, 0.15) is 56.5 Å². The van der Waals surface area contributed by atoms with Gasteiger partial charge in [0.1, 0.15) is 5.82 Å². The second-order valence-corrected chi connectivity index (χ2v) is 6.66. The lowest BCUT2D eigenvalue weighted by Gasteiger charge is -2.27. The first kappa shape index (κ1) is 13.3. The van der Waals surface area contributed by atoms with Gasteiger partial charge in [-0.15, -0.1) is 10.2 Å². The fourth-order valence-corrected chi connectivity index (χ4v) is 3.39. The largest absolute Gasteiger partial charge is 0.333 e. The molecule has 112 valence electrons. The molecule has 3 heterocycles. The van der Waals surface area contributed by atoms with Gasteiger partial charge in [0.25, 0.3) is 0 Å². The van der Waals surface area contributed by atoms with Crippen molar-refractivity contribution in [3.05, 3.63) is 16.3 Å². The summed E-state index contributed by atoms with van der Waals surface area (Å²) in [5.74, 6) is 3.71. The third kappa shape index (κ3) is 2.27. The molecular formula is C14H19BrN6. The number of aromatic amines is 1. The smallest absolute Gasteiger partial charge is 0.233 e. The zero-order valence-electron chi connectivity index (χ0n) is 12.1. The fourth-order valence-electron chi connectivity index (χ4n) is 2.98. The van der Waals surface area contributed by atoms with Gasteiger partial charge in [-0.1, -0.05) is 19.8 Å². The van der Waals surface area contributed by atoms with Crippen LogP contribution in [0.5, 0.6) is 0 Å². The molecule has 1 fully saturated rings. The summed E-state index contributed by atoms with van der Waals surface area (Å²) in [7, 11) is 0. The van der Waals surface area contributed by atoms with Gasteiger partial charge in [0.05, 0.1) is 12.2 Å². The van der Waals surface area contributed by atoms with Crippen molar-refractivity contribution in [2.75, 3.05) is 11.4 Å². The predicted octanol–water partition coefficient (Wildman–Crippen LogP) is 3.33. The summed E-state index contributed by atoms with van der Waals surface area (Å²) < 4.78 is 3.05. The summed E-state index contributed by atoms with van der Waals surface area (Å²) in [4.78, 5) is 10.1. The highest BCUT2D eigenvalue weighted by molar-refractivity contribution is 9.10. The normalized spacial score (nSPS) is 17.0. The Morgan fingerprint density at radius 3 is 2.90 bits per heavy atom. The van der Waals surface area contributed by atoms with Crippen LogP contribution in [0.3, 0.4) is 0 Å². The Morgan fingerprint density at radius 2 is 2.14 bits per heavy atom. The molecule has 2 aliphatic rings. The quantitative estimate of drug-likeness (QED) is 0.840. The molecule has 6 nitrogen and oxygen atoms in total. The molecular weight excluding hydrogens is 332 g/mol. The summed E-state index contributed by atoms with van der Waals surface area (Å²) in [5.41, 5.74) is 1.15. The minimum Gasteiger partial charge on any atom is -0.333 e. The minimum absolute atomic E-state index is 0.608. The lowest BCUT2D eigenvalue weighted by atomic mass is 10.2. The van der Waals surface area contributed by atoms with Gasteiger partial charge in [0.15, 0.2) is 10.6 Å². The first-order valence-electron chi connectivity index (χ1n) is 7.73. The molecule has 21 heavy (non-hydrogen) atoms. The zero-order valence-corrected chi connectivity index (χ0v) is 13.7. The molecule has 2 aromatic rings. The van der Waals surface area contributed by atoms with Crippen molar-refractivity contribution in [3.8, 4) is 0 Å². The second-order valence-electron chi connectivity index (χ2n) is 5.91. The van der Waals surface area contributed by atoms with E-state index in [0.717, 1.165) is 47.5 Å².